The quantitative estimate of drug-likeness (QED) is 0.0978. The van der Waals surface area contributed by atoms with Crippen molar-refractivity contribution in [1.29, 1.82) is 0 Å². The lowest BCUT2D eigenvalue weighted by Crippen LogP contribution is -2.57. The van der Waals surface area contributed by atoms with Crippen LogP contribution < -0.4 is 32.7 Å². The van der Waals surface area contributed by atoms with Gasteiger partial charge in [-0.25, -0.2) is 0 Å². The fraction of sp³-hybridized carbons (Fsp3) is 0.542. The van der Waals surface area contributed by atoms with Gasteiger partial charge in [0.05, 0.1) is 19.5 Å². The first kappa shape index (κ1) is 31.6. The van der Waals surface area contributed by atoms with Crippen molar-refractivity contribution in [1.82, 2.24) is 31.2 Å². The molecule has 0 radical (unpaired) electrons. The van der Waals surface area contributed by atoms with Gasteiger partial charge in [0.25, 0.3) is 5.91 Å². The Kier molecular flexibility index (Phi) is 11.5. The normalized spacial score (nSPS) is 21.4. The number of likely N-dealkylation sites (N-methyl/N-ethyl adjacent to an activating group) is 1. The molecule has 2 heterocycles. The van der Waals surface area contributed by atoms with Crippen molar-refractivity contribution < 1.29 is 33.9 Å². The number of H-pyrrole nitrogens is 1. The highest BCUT2D eigenvalue weighted by molar-refractivity contribution is 5.98. The predicted molar refractivity (Wildman–Crippen MR) is 142 cm³/mol. The average Bonchev–Trinajstić information content (AvgIpc) is 3.36. The number of nitrogens with two attached hydrogens (primary N) is 2. The lowest BCUT2D eigenvalue weighted by atomic mass is 10.0. The van der Waals surface area contributed by atoms with Crippen molar-refractivity contribution in [3.8, 4) is 0 Å². The first-order valence-corrected chi connectivity index (χ1v) is 12.7. The molecule has 40 heavy (non-hydrogen) atoms. The summed E-state index contributed by atoms with van der Waals surface area (Å²) in [6.07, 6.45) is -0.273. The zero-order valence-electron chi connectivity index (χ0n) is 22.7. The number of carbonyl (C=O) groups is 6. The van der Waals surface area contributed by atoms with Crippen LogP contribution in [0.25, 0.3) is 0 Å². The number of nitrogens with one attached hydrogen (secondary N) is 5. The van der Waals surface area contributed by atoms with E-state index in [0.29, 0.717) is 12.1 Å². The standard InChI is InChI=1S/C24H37N9O7/c1-12(2)19-23(40)33(3)16(5-4-8-27-24(25)26)22(39)29-11-17(34)31-15(9-18(35)36)20(37)28-10-13-6-7-14(30-13)21(38)32-19/h6-7,12,15-16,19,30H,4-5,8-11H2,1-3H3,(H,28,37)(H,29,39)(H,31,34)(H,32,38)(H,35,36)(H4,25,26,27)/t15-,16-,19-/m0/s1. The fourth-order valence-corrected chi connectivity index (χ4v) is 3.99. The molecule has 0 saturated carbocycles. The van der Waals surface area contributed by atoms with Crippen LogP contribution in [0.3, 0.4) is 0 Å². The van der Waals surface area contributed by atoms with Crippen molar-refractivity contribution in [2.24, 2.45) is 22.4 Å². The zero-order chi connectivity index (χ0) is 30.0. The van der Waals surface area contributed by atoms with Crippen LogP contribution in [0.2, 0.25) is 0 Å². The van der Waals surface area contributed by atoms with E-state index in [1.807, 2.05) is 0 Å². The van der Waals surface area contributed by atoms with E-state index in [9.17, 15) is 33.9 Å². The Hall–Kier alpha value is -4.63. The van der Waals surface area contributed by atoms with Gasteiger partial charge in [0, 0.05) is 19.3 Å². The van der Waals surface area contributed by atoms with Crippen LogP contribution in [0, 0.1) is 5.92 Å². The summed E-state index contributed by atoms with van der Waals surface area (Å²) in [5.41, 5.74) is 11.3. The highest BCUT2D eigenvalue weighted by atomic mass is 16.4. The molecule has 0 fully saturated rings. The monoisotopic (exact) mass is 563 g/mol. The minimum Gasteiger partial charge on any atom is -0.481 e. The Bertz CT molecular complexity index is 1140. The molecule has 1 aliphatic heterocycles. The van der Waals surface area contributed by atoms with E-state index in [0.717, 1.165) is 0 Å². The van der Waals surface area contributed by atoms with Crippen LogP contribution in [-0.4, -0.2) is 94.7 Å². The third kappa shape index (κ3) is 9.28. The van der Waals surface area contributed by atoms with Crippen LogP contribution in [-0.2, 0) is 30.5 Å². The molecule has 2 rings (SSSR count). The van der Waals surface area contributed by atoms with E-state index in [1.54, 1.807) is 19.9 Å². The number of fused-ring (bicyclic) bond motifs is 2. The second kappa shape index (κ2) is 14.5. The number of aliphatic carboxylic acids is 1. The zero-order valence-corrected chi connectivity index (χ0v) is 22.7. The van der Waals surface area contributed by atoms with Gasteiger partial charge in [0.1, 0.15) is 23.8 Å². The van der Waals surface area contributed by atoms with E-state index >= 15 is 0 Å². The second-order valence-electron chi connectivity index (χ2n) is 9.66. The molecule has 16 nitrogen and oxygen atoms in total. The van der Waals surface area contributed by atoms with Crippen molar-refractivity contribution in [2.75, 3.05) is 20.1 Å². The SMILES string of the molecule is CC(C)[C@@H]1NC(=O)c2ccc([nH]2)CNC(=O)[C@H](CC(=O)O)NC(=O)CNC(=O)[C@H](CCCN=C(N)N)N(C)C1=O. The lowest BCUT2D eigenvalue weighted by Gasteiger charge is -2.32. The molecule has 1 aliphatic rings. The fourth-order valence-electron chi connectivity index (χ4n) is 3.99. The maximum atomic E-state index is 13.5. The molecule has 2 bridgehead atoms. The number of carboxylic acid groups (broad SMARTS) is 1. The number of rotatable bonds is 7. The van der Waals surface area contributed by atoms with Crippen molar-refractivity contribution in [3.63, 3.8) is 0 Å². The summed E-state index contributed by atoms with van der Waals surface area (Å²) in [4.78, 5) is 84.0. The van der Waals surface area contributed by atoms with Gasteiger partial charge in [0.2, 0.25) is 23.6 Å². The summed E-state index contributed by atoms with van der Waals surface area (Å²) in [5.74, 6) is -5.18. The minimum atomic E-state index is -1.43. The highest BCUT2D eigenvalue weighted by Gasteiger charge is 2.34. The van der Waals surface area contributed by atoms with Crippen LogP contribution in [0.1, 0.15) is 49.3 Å². The van der Waals surface area contributed by atoms with Crippen LogP contribution in [0.15, 0.2) is 17.1 Å². The number of guanidine groups is 1. The number of nitrogens with zero attached hydrogens (tertiary/aromatic N) is 2. The minimum absolute atomic E-state index is 0.0916. The summed E-state index contributed by atoms with van der Waals surface area (Å²) in [5, 5.41) is 19.1. The molecule has 1 aromatic heterocycles. The van der Waals surface area contributed by atoms with Gasteiger partial charge in [-0.1, -0.05) is 13.8 Å². The van der Waals surface area contributed by atoms with Gasteiger partial charge in [-0.2, -0.15) is 0 Å². The number of carboxylic acids is 1. The topological polar surface area (TPSA) is 254 Å². The van der Waals surface area contributed by atoms with Crippen LogP contribution in [0.4, 0.5) is 0 Å². The van der Waals surface area contributed by atoms with Gasteiger partial charge < -0.3 is 47.7 Å². The Morgan fingerprint density at radius 3 is 2.38 bits per heavy atom. The number of aromatic amines is 1. The van der Waals surface area contributed by atoms with Crippen LogP contribution in [0.5, 0.6) is 0 Å². The molecule has 0 spiro atoms. The number of hydrogen-bond acceptors (Lipinski definition) is 7. The van der Waals surface area contributed by atoms with E-state index in [1.165, 1.54) is 18.0 Å². The van der Waals surface area contributed by atoms with Gasteiger partial charge in [-0.05, 0) is 30.9 Å². The van der Waals surface area contributed by atoms with Crippen molar-refractivity contribution in [2.45, 2.75) is 57.8 Å². The molecule has 0 unspecified atom stereocenters. The largest absolute Gasteiger partial charge is 0.481 e. The number of carbonyl (C=O) groups excluding carboxylic acids is 5. The molecular formula is C24H37N9O7. The number of hydrogen-bond donors (Lipinski definition) is 8. The molecule has 0 aliphatic carbocycles. The van der Waals surface area contributed by atoms with Gasteiger partial charge in [0.15, 0.2) is 5.96 Å². The van der Waals surface area contributed by atoms with E-state index < -0.39 is 66.6 Å². The van der Waals surface area contributed by atoms with Gasteiger partial charge >= 0.3 is 5.97 Å². The van der Waals surface area contributed by atoms with Crippen molar-refractivity contribution in [3.05, 3.63) is 23.5 Å². The van der Waals surface area contributed by atoms with Crippen molar-refractivity contribution >= 4 is 41.5 Å². The summed E-state index contributed by atoms with van der Waals surface area (Å²) < 4.78 is 0. The summed E-state index contributed by atoms with van der Waals surface area (Å²) in [7, 11) is 1.41. The number of aromatic nitrogens is 1. The number of amides is 5. The summed E-state index contributed by atoms with van der Waals surface area (Å²) in [6, 6.07) is -0.475. The Labute approximate surface area is 230 Å². The third-order valence-corrected chi connectivity index (χ3v) is 6.16. The molecule has 5 amide bonds. The lowest BCUT2D eigenvalue weighted by molar-refractivity contribution is -0.142. The predicted octanol–water partition coefficient (Wildman–Crippen LogP) is -2.64. The maximum absolute atomic E-state index is 13.5. The molecular weight excluding hydrogens is 526 g/mol. The highest BCUT2D eigenvalue weighted by Crippen LogP contribution is 2.14. The molecule has 10 N–H and O–H groups in total. The van der Waals surface area contributed by atoms with Crippen LogP contribution >= 0.6 is 0 Å². The molecule has 0 saturated heterocycles. The van der Waals surface area contributed by atoms with Gasteiger partial charge in [-0.15, -0.1) is 0 Å². The third-order valence-electron chi connectivity index (χ3n) is 6.16. The van der Waals surface area contributed by atoms with E-state index in [-0.39, 0.29) is 37.1 Å². The summed E-state index contributed by atoms with van der Waals surface area (Å²) >= 11 is 0. The molecule has 3 atom stereocenters. The Morgan fingerprint density at radius 1 is 1.07 bits per heavy atom. The smallest absolute Gasteiger partial charge is 0.305 e. The summed E-state index contributed by atoms with van der Waals surface area (Å²) in [6.45, 7) is 2.98. The first-order valence-electron chi connectivity index (χ1n) is 12.7. The van der Waals surface area contributed by atoms with E-state index in [2.05, 4.69) is 31.2 Å². The average molecular weight is 564 g/mol. The second-order valence-corrected chi connectivity index (χ2v) is 9.66. The maximum Gasteiger partial charge on any atom is 0.305 e. The molecule has 220 valence electrons. The Balaban J connectivity index is 2.40. The van der Waals surface area contributed by atoms with Gasteiger partial charge in [-0.3, -0.25) is 33.8 Å². The first-order chi connectivity index (χ1) is 18.8. The number of aliphatic imine (C=N–C) groups is 1. The molecule has 16 heteroatoms. The molecule has 1 aromatic rings. The Morgan fingerprint density at radius 2 is 1.75 bits per heavy atom. The molecule has 0 aromatic carbocycles. The van der Waals surface area contributed by atoms with E-state index in [4.69, 9.17) is 11.5 Å².